The summed E-state index contributed by atoms with van der Waals surface area (Å²) >= 11 is 0. The van der Waals surface area contributed by atoms with Crippen LogP contribution in [0.4, 0.5) is 5.69 Å². The predicted octanol–water partition coefficient (Wildman–Crippen LogP) is 4.46. The molecule has 0 saturated heterocycles. The van der Waals surface area contributed by atoms with E-state index in [0.717, 1.165) is 27.7 Å². The molecule has 0 aliphatic heterocycles. The van der Waals surface area contributed by atoms with Crippen molar-refractivity contribution in [1.29, 1.82) is 0 Å². The molecule has 0 amide bonds. The van der Waals surface area contributed by atoms with Gasteiger partial charge in [-0.25, -0.2) is 9.97 Å². The normalized spacial score (nSPS) is 12.1. The summed E-state index contributed by atoms with van der Waals surface area (Å²) in [6, 6.07) is 25.3. The Morgan fingerprint density at radius 3 is 2.27 bits per heavy atom. The number of rotatable bonds is 2. The van der Waals surface area contributed by atoms with Crippen molar-refractivity contribution in [3.8, 4) is 0 Å². The number of nitrogens with one attached hydrogen (secondary N) is 1. The molecule has 3 aromatic carbocycles. The number of nitrogens with zero attached hydrogens (tertiary/aromatic N) is 3. The summed E-state index contributed by atoms with van der Waals surface area (Å²) < 4.78 is 5.99. The summed E-state index contributed by atoms with van der Waals surface area (Å²) in [7, 11) is 0. The van der Waals surface area contributed by atoms with E-state index in [1.165, 1.54) is 0 Å². The summed E-state index contributed by atoms with van der Waals surface area (Å²) in [6.45, 7) is 0. The quantitative estimate of drug-likeness (QED) is 0.381. The van der Waals surface area contributed by atoms with Crippen LogP contribution in [0.1, 0.15) is 0 Å². The number of fused-ring (bicyclic) bond motifs is 3. The summed E-state index contributed by atoms with van der Waals surface area (Å²) in [5.41, 5.74) is 7.43. The van der Waals surface area contributed by atoms with Gasteiger partial charge in [0.25, 0.3) is 0 Å². The van der Waals surface area contributed by atoms with Crippen molar-refractivity contribution in [3.05, 3.63) is 84.2 Å². The van der Waals surface area contributed by atoms with E-state index in [1.807, 2.05) is 78.9 Å². The zero-order valence-corrected chi connectivity index (χ0v) is 13.8. The molecule has 0 fully saturated rings. The maximum atomic E-state index is 5.99. The van der Waals surface area contributed by atoms with Gasteiger partial charge in [-0.15, -0.1) is 0 Å². The van der Waals surface area contributed by atoms with Gasteiger partial charge >= 0.3 is 0 Å². The Hall–Kier alpha value is -3.73. The van der Waals surface area contributed by atoms with E-state index in [9.17, 15) is 0 Å². The van der Waals surface area contributed by atoms with Crippen LogP contribution in [0.2, 0.25) is 0 Å². The van der Waals surface area contributed by atoms with Crippen LogP contribution in [0.3, 0.4) is 0 Å². The van der Waals surface area contributed by atoms with Crippen molar-refractivity contribution in [3.63, 3.8) is 0 Å². The monoisotopic (exact) mass is 338 g/mol. The standard InChI is InChI=1S/C21H14N4O/c1-2-8-14(9-3-1)24-25-19-15-10-4-7-13-18(15)26-21-20(19)22-16-11-5-6-12-17(16)23-21/h1-13,24H/b25-19+. The molecule has 0 unspecified atom stereocenters. The summed E-state index contributed by atoms with van der Waals surface area (Å²) in [5.74, 6) is 0. The van der Waals surface area contributed by atoms with Crippen molar-refractivity contribution in [2.45, 2.75) is 0 Å². The first-order chi connectivity index (χ1) is 12.9. The first-order valence-electron chi connectivity index (χ1n) is 8.32. The number of para-hydroxylation sites is 4. The molecule has 0 bridgehead atoms. The van der Waals surface area contributed by atoms with Crippen molar-refractivity contribution < 1.29 is 4.42 Å². The summed E-state index contributed by atoms with van der Waals surface area (Å²) in [5, 5.41) is 6.22. The number of benzene rings is 3. The van der Waals surface area contributed by atoms with Crippen LogP contribution in [0, 0.1) is 0 Å². The van der Waals surface area contributed by atoms with Crippen molar-refractivity contribution in [2.75, 3.05) is 5.43 Å². The highest BCUT2D eigenvalue weighted by Gasteiger charge is 2.10. The Kier molecular flexibility index (Phi) is 3.35. The molecule has 2 heterocycles. The maximum Gasteiger partial charge on any atom is 0.248 e. The average molecular weight is 338 g/mol. The zero-order chi connectivity index (χ0) is 17.3. The fraction of sp³-hybridized carbons (Fsp3) is 0. The summed E-state index contributed by atoms with van der Waals surface area (Å²) in [4.78, 5) is 9.38. The minimum absolute atomic E-state index is 0.469. The van der Waals surface area contributed by atoms with Crippen LogP contribution in [-0.2, 0) is 0 Å². The number of hydrogen-bond acceptors (Lipinski definition) is 5. The van der Waals surface area contributed by atoms with Gasteiger partial charge in [-0.05, 0) is 36.4 Å². The van der Waals surface area contributed by atoms with E-state index in [4.69, 9.17) is 9.40 Å². The molecule has 26 heavy (non-hydrogen) atoms. The molecule has 5 aromatic rings. The molecule has 1 N–H and O–H groups in total. The smallest absolute Gasteiger partial charge is 0.248 e. The zero-order valence-electron chi connectivity index (χ0n) is 13.8. The van der Waals surface area contributed by atoms with Crippen LogP contribution in [-0.4, -0.2) is 9.97 Å². The van der Waals surface area contributed by atoms with Crippen molar-refractivity contribution >= 4 is 38.9 Å². The second kappa shape index (κ2) is 5.97. The molecule has 2 aromatic heterocycles. The molecule has 0 aliphatic rings. The predicted molar refractivity (Wildman–Crippen MR) is 102 cm³/mol. The third kappa shape index (κ3) is 2.46. The molecule has 0 radical (unpaired) electrons. The fourth-order valence-electron chi connectivity index (χ4n) is 2.94. The van der Waals surface area contributed by atoms with Gasteiger partial charge in [0.1, 0.15) is 10.9 Å². The Morgan fingerprint density at radius 2 is 1.42 bits per heavy atom. The third-order valence-electron chi connectivity index (χ3n) is 4.18. The van der Waals surface area contributed by atoms with Crippen LogP contribution >= 0.6 is 0 Å². The molecule has 0 saturated carbocycles. The molecule has 5 nitrogen and oxygen atoms in total. The maximum absolute atomic E-state index is 5.99. The van der Waals surface area contributed by atoms with E-state index in [1.54, 1.807) is 0 Å². The van der Waals surface area contributed by atoms with Crippen LogP contribution in [0.15, 0.2) is 88.4 Å². The topological polar surface area (TPSA) is 63.3 Å². The molecule has 5 rings (SSSR count). The van der Waals surface area contributed by atoms with Crippen LogP contribution in [0.5, 0.6) is 0 Å². The fourth-order valence-corrected chi connectivity index (χ4v) is 2.94. The number of anilines is 1. The lowest BCUT2D eigenvalue weighted by Crippen LogP contribution is -2.11. The minimum atomic E-state index is 0.469. The molecule has 5 heteroatoms. The Morgan fingerprint density at radius 1 is 0.731 bits per heavy atom. The van der Waals surface area contributed by atoms with E-state index >= 15 is 0 Å². The van der Waals surface area contributed by atoms with Crippen molar-refractivity contribution in [1.82, 2.24) is 9.97 Å². The van der Waals surface area contributed by atoms with Gasteiger partial charge in [-0.3, -0.25) is 5.43 Å². The lowest BCUT2D eigenvalue weighted by molar-refractivity contribution is 0.644. The Balaban J connectivity index is 1.85. The summed E-state index contributed by atoms with van der Waals surface area (Å²) in [6.07, 6.45) is 0. The van der Waals surface area contributed by atoms with Crippen molar-refractivity contribution in [2.24, 2.45) is 5.10 Å². The third-order valence-corrected chi connectivity index (χ3v) is 4.18. The van der Waals surface area contributed by atoms with Gasteiger partial charge in [0.2, 0.25) is 5.71 Å². The second-order valence-electron chi connectivity index (χ2n) is 5.90. The van der Waals surface area contributed by atoms with E-state index in [-0.39, 0.29) is 0 Å². The lowest BCUT2D eigenvalue weighted by Gasteiger charge is -2.05. The van der Waals surface area contributed by atoms with Gasteiger partial charge in [-0.1, -0.05) is 42.5 Å². The highest BCUT2D eigenvalue weighted by atomic mass is 16.3. The molecule has 124 valence electrons. The van der Waals surface area contributed by atoms with Gasteiger partial charge < -0.3 is 4.42 Å². The highest BCUT2D eigenvalue weighted by Crippen LogP contribution is 2.19. The van der Waals surface area contributed by atoms with Crippen LogP contribution < -0.4 is 10.8 Å². The number of hydrogen-bond donors (Lipinski definition) is 1. The van der Waals surface area contributed by atoms with Gasteiger partial charge in [0.05, 0.1) is 16.7 Å². The average Bonchev–Trinajstić information content (AvgIpc) is 2.70. The Bertz CT molecular complexity index is 1300. The lowest BCUT2D eigenvalue weighted by atomic mass is 10.2. The molecule has 0 spiro atoms. The molecular formula is C21H14N4O. The largest absolute Gasteiger partial charge is 0.436 e. The van der Waals surface area contributed by atoms with Gasteiger partial charge in [0, 0.05) is 5.39 Å². The van der Waals surface area contributed by atoms with E-state index < -0.39 is 0 Å². The van der Waals surface area contributed by atoms with Gasteiger partial charge in [0.15, 0.2) is 5.52 Å². The SMILES string of the molecule is c1ccc(N/N=c2\c3ccccc3oc3nc4ccccc4nc23)cc1. The molecule has 0 aliphatic carbocycles. The molecule has 0 atom stereocenters. The first-order valence-corrected chi connectivity index (χ1v) is 8.32. The first kappa shape index (κ1) is 14.6. The number of aromatic nitrogens is 2. The van der Waals surface area contributed by atoms with Gasteiger partial charge in [-0.2, -0.15) is 5.10 Å². The molecular weight excluding hydrogens is 324 g/mol. The highest BCUT2D eigenvalue weighted by molar-refractivity contribution is 5.90. The second-order valence-corrected chi connectivity index (χ2v) is 5.90. The Labute approximate surface area is 148 Å². The van der Waals surface area contributed by atoms with E-state index in [0.29, 0.717) is 16.6 Å². The minimum Gasteiger partial charge on any atom is -0.436 e. The van der Waals surface area contributed by atoms with E-state index in [2.05, 4.69) is 15.5 Å². The van der Waals surface area contributed by atoms with Crippen LogP contribution in [0.25, 0.3) is 33.2 Å².